The van der Waals surface area contributed by atoms with Crippen LogP contribution >= 0.6 is 0 Å². The molecule has 0 bridgehead atoms. The van der Waals surface area contributed by atoms with Crippen LogP contribution in [0.3, 0.4) is 0 Å². The van der Waals surface area contributed by atoms with E-state index in [9.17, 15) is 4.39 Å². The van der Waals surface area contributed by atoms with E-state index in [1.807, 2.05) is 12.1 Å². The Bertz CT molecular complexity index is 364. The molecule has 0 radical (unpaired) electrons. The zero-order valence-electron chi connectivity index (χ0n) is 7.86. The van der Waals surface area contributed by atoms with Gasteiger partial charge in [0.05, 0.1) is 0 Å². The number of aryl methyl sites for hydroxylation is 2. The molecule has 0 N–H and O–H groups in total. The molecule has 1 aliphatic carbocycles. The highest BCUT2D eigenvalue weighted by atomic mass is 19.1. The molecule has 1 aromatic carbocycles. The lowest BCUT2D eigenvalue weighted by atomic mass is 9.87. The molecule has 0 aliphatic heterocycles. The molecule has 0 spiro atoms. The van der Waals surface area contributed by atoms with E-state index in [2.05, 4.69) is 6.58 Å². The maximum atomic E-state index is 13.7. The number of allylic oxidation sites excluding steroid dienone is 1. The lowest BCUT2D eigenvalue weighted by Crippen LogP contribution is -2.05. The summed E-state index contributed by atoms with van der Waals surface area (Å²) in [4.78, 5) is 0. The molecule has 1 aliphatic rings. The highest BCUT2D eigenvalue weighted by molar-refractivity contribution is 5.69. The predicted molar refractivity (Wildman–Crippen MR) is 53.1 cm³/mol. The van der Waals surface area contributed by atoms with Gasteiger partial charge in [-0.15, -0.1) is 0 Å². The maximum absolute atomic E-state index is 13.7. The van der Waals surface area contributed by atoms with Crippen LogP contribution in [0, 0.1) is 12.7 Å². The van der Waals surface area contributed by atoms with Crippen molar-refractivity contribution < 1.29 is 4.39 Å². The minimum Gasteiger partial charge on any atom is -0.206 e. The Labute approximate surface area is 78.1 Å². The summed E-state index contributed by atoms with van der Waals surface area (Å²) in [5.74, 6) is -0.0674. The minimum atomic E-state index is -0.0674. The standard InChI is InChI=1S/C12H13F/c1-8-4-3-5-10-7-6-9(2)12(13)11(8)10/h6-7H,1,3-5H2,2H3. The Balaban J connectivity index is 2.65. The monoisotopic (exact) mass is 176 g/mol. The number of hydrogen-bond acceptors (Lipinski definition) is 0. The predicted octanol–water partition coefficient (Wildman–Crippen LogP) is 3.48. The summed E-state index contributed by atoms with van der Waals surface area (Å²) >= 11 is 0. The largest absolute Gasteiger partial charge is 0.206 e. The molecule has 0 heterocycles. The van der Waals surface area contributed by atoms with Crippen LogP contribution in [-0.2, 0) is 6.42 Å². The van der Waals surface area contributed by atoms with Crippen LogP contribution in [0.2, 0.25) is 0 Å². The van der Waals surface area contributed by atoms with Gasteiger partial charge in [0.25, 0.3) is 0 Å². The first-order valence-corrected chi connectivity index (χ1v) is 4.66. The molecule has 0 fully saturated rings. The van der Waals surface area contributed by atoms with Crippen molar-refractivity contribution in [3.05, 3.63) is 41.2 Å². The topological polar surface area (TPSA) is 0 Å². The molecule has 0 amide bonds. The molecule has 0 atom stereocenters. The third kappa shape index (κ3) is 1.28. The number of rotatable bonds is 0. The Hall–Kier alpha value is -1.11. The van der Waals surface area contributed by atoms with E-state index in [-0.39, 0.29) is 5.82 Å². The van der Waals surface area contributed by atoms with E-state index in [1.54, 1.807) is 6.92 Å². The summed E-state index contributed by atoms with van der Waals surface area (Å²) < 4.78 is 13.7. The quantitative estimate of drug-likeness (QED) is 0.567. The molecule has 13 heavy (non-hydrogen) atoms. The molecule has 1 heteroatoms. The maximum Gasteiger partial charge on any atom is 0.133 e. The van der Waals surface area contributed by atoms with Gasteiger partial charge < -0.3 is 0 Å². The SMILES string of the molecule is C=C1CCCc2ccc(C)c(F)c21. The fourth-order valence-electron chi connectivity index (χ4n) is 1.93. The molecule has 0 unspecified atom stereocenters. The molecule has 2 rings (SSSR count). The average molecular weight is 176 g/mol. The molecule has 0 aromatic heterocycles. The molecule has 0 saturated carbocycles. The van der Waals surface area contributed by atoms with Crippen molar-refractivity contribution >= 4 is 5.57 Å². The van der Waals surface area contributed by atoms with E-state index in [1.165, 1.54) is 0 Å². The van der Waals surface area contributed by atoms with Gasteiger partial charge in [-0.2, -0.15) is 0 Å². The Morgan fingerprint density at radius 2 is 2.08 bits per heavy atom. The van der Waals surface area contributed by atoms with E-state index in [4.69, 9.17) is 0 Å². The Kier molecular flexibility index (Phi) is 1.95. The first-order valence-electron chi connectivity index (χ1n) is 4.66. The fourth-order valence-corrected chi connectivity index (χ4v) is 1.93. The van der Waals surface area contributed by atoms with Crippen molar-refractivity contribution in [1.82, 2.24) is 0 Å². The van der Waals surface area contributed by atoms with Crippen molar-refractivity contribution in [3.8, 4) is 0 Å². The molecular weight excluding hydrogens is 163 g/mol. The second-order valence-corrected chi connectivity index (χ2v) is 3.69. The van der Waals surface area contributed by atoms with Gasteiger partial charge in [-0.25, -0.2) is 4.39 Å². The van der Waals surface area contributed by atoms with Gasteiger partial charge in [-0.1, -0.05) is 18.7 Å². The molecule has 0 nitrogen and oxygen atoms in total. The lowest BCUT2D eigenvalue weighted by molar-refractivity contribution is 0.606. The summed E-state index contributed by atoms with van der Waals surface area (Å²) in [5.41, 5.74) is 3.59. The Morgan fingerprint density at radius 3 is 2.85 bits per heavy atom. The molecule has 0 saturated heterocycles. The molecule has 1 aromatic rings. The molecule has 68 valence electrons. The summed E-state index contributed by atoms with van der Waals surface area (Å²) in [6.07, 6.45) is 3.03. The van der Waals surface area contributed by atoms with Crippen LogP contribution < -0.4 is 0 Å². The van der Waals surface area contributed by atoms with Crippen molar-refractivity contribution in [1.29, 1.82) is 0 Å². The summed E-state index contributed by atoms with van der Waals surface area (Å²) in [6.45, 7) is 5.72. The van der Waals surface area contributed by atoms with Crippen molar-refractivity contribution in [2.24, 2.45) is 0 Å². The smallest absolute Gasteiger partial charge is 0.133 e. The van der Waals surface area contributed by atoms with Gasteiger partial charge in [0.15, 0.2) is 0 Å². The Morgan fingerprint density at radius 1 is 1.31 bits per heavy atom. The van der Waals surface area contributed by atoms with Gasteiger partial charge in [0.2, 0.25) is 0 Å². The minimum absolute atomic E-state index is 0.0674. The van der Waals surface area contributed by atoms with Gasteiger partial charge in [0.1, 0.15) is 5.82 Å². The summed E-state index contributed by atoms with van der Waals surface area (Å²) in [5, 5.41) is 0. The van der Waals surface area contributed by atoms with E-state index < -0.39 is 0 Å². The third-order valence-electron chi connectivity index (χ3n) is 2.70. The van der Waals surface area contributed by atoms with Gasteiger partial charge >= 0.3 is 0 Å². The van der Waals surface area contributed by atoms with Crippen LogP contribution in [0.25, 0.3) is 5.57 Å². The lowest BCUT2D eigenvalue weighted by Gasteiger charge is -2.19. The third-order valence-corrected chi connectivity index (χ3v) is 2.70. The second kappa shape index (κ2) is 2.99. The van der Waals surface area contributed by atoms with Crippen molar-refractivity contribution in [2.45, 2.75) is 26.2 Å². The zero-order chi connectivity index (χ0) is 9.42. The molecular formula is C12H13F. The van der Waals surface area contributed by atoms with Crippen LogP contribution in [0.1, 0.15) is 29.5 Å². The second-order valence-electron chi connectivity index (χ2n) is 3.69. The van der Waals surface area contributed by atoms with E-state index in [0.717, 1.165) is 41.5 Å². The van der Waals surface area contributed by atoms with Crippen LogP contribution in [0.5, 0.6) is 0 Å². The number of fused-ring (bicyclic) bond motifs is 1. The fraction of sp³-hybridized carbons (Fsp3) is 0.333. The van der Waals surface area contributed by atoms with Crippen molar-refractivity contribution in [3.63, 3.8) is 0 Å². The van der Waals surface area contributed by atoms with Crippen LogP contribution in [0.4, 0.5) is 4.39 Å². The van der Waals surface area contributed by atoms with Crippen molar-refractivity contribution in [2.75, 3.05) is 0 Å². The van der Waals surface area contributed by atoms with E-state index >= 15 is 0 Å². The zero-order valence-corrected chi connectivity index (χ0v) is 7.86. The summed E-state index contributed by atoms with van der Waals surface area (Å²) in [6, 6.07) is 3.88. The summed E-state index contributed by atoms with van der Waals surface area (Å²) in [7, 11) is 0. The number of hydrogen-bond donors (Lipinski definition) is 0. The van der Waals surface area contributed by atoms with Crippen LogP contribution in [0.15, 0.2) is 18.7 Å². The first kappa shape index (κ1) is 8.49. The van der Waals surface area contributed by atoms with Gasteiger partial charge in [0, 0.05) is 5.56 Å². The van der Waals surface area contributed by atoms with Crippen LogP contribution in [-0.4, -0.2) is 0 Å². The van der Waals surface area contributed by atoms with Gasteiger partial charge in [-0.05, 0) is 42.9 Å². The number of halogens is 1. The first-order chi connectivity index (χ1) is 6.20. The van der Waals surface area contributed by atoms with E-state index in [0.29, 0.717) is 0 Å². The highest BCUT2D eigenvalue weighted by Crippen LogP contribution is 2.32. The number of benzene rings is 1. The highest BCUT2D eigenvalue weighted by Gasteiger charge is 2.17. The average Bonchev–Trinajstić information content (AvgIpc) is 2.12. The van der Waals surface area contributed by atoms with Gasteiger partial charge in [-0.3, -0.25) is 0 Å². The normalized spacial score (nSPS) is 15.7.